The molecule has 0 spiro atoms. The Morgan fingerprint density at radius 3 is 2.41 bits per heavy atom. The molecule has 170 valence electrons. The van der Waals surface area contributed by atoms with Crippen molar-refractivity contribution in [2.75, 3.05) is 34.8 Å². The highest BCUT2D eigenvalue weighted by molar-refractivity contribution is 6.29. The summed E-state index contributed by atoms with van der Waals surface area (Å²) in [6.07, 6.45) is -0.873. The van der Waals surface area contributed by atoms with Gasteiger partial charge in [-0.2, -0.15) is 0 Å². The van der Waals surface area contributed by atoms with Gasteiger partial charge in [0.05, 0.1) is 11.7 Å². The van der Waals surface area contributed by atoms with Gasteiger partial charge in [0.1, 0.15) is 11.2 Å². The van der Waals surface area contributed by atoms with E-state index < -0.39 is 12.1 Å². The maximum atomic E-state index is 12.5. The summed E-state index contributed by atoms with van der Waals surface area (Å²) in [4.78, 5) is 34.3. The van der Waals surface area contributed by atoms with Crippen LogP contribution in [0.4, 0.5) is 27.7 Å². The minimum Gasteiger partial charge on any atom is -0.465 e. The van der Waals surface area contributed by atoms with E-state index >= 15 is 0 Å². The van der Waals surface area contributed by atoms with E-state index in [4.69, 9.17) is 11.6 Å². The average Bonchev–Trinajstić information content (AvgIpc) is 2.74. The van der Waals surface area contributed by atoms with Gasteiger partial charge in [-0.15, -0.1) is 0 Å². The zero-order valence-corrected chi connectivity index (χ0v) is 19.4. The first-order chi connectivity index (χ1) is 15.1. The van der Waals surface area contributed by atoms with Gasteiger partial charge in [0.2, 0.25) is 5.91 Å². The van der Waals surface area contributed by atoms with Crippen molar-refractivity contribution >= 4 is 46.5 Å². The van der Waals surface area contributed by atoms with Crippen LogP contribution >= 0.6 is 11.6 Å². The number of amides is 2. The van der Waals surface area contributed by atoms with Crippen molar-refractivity contribution in [2.45, 2.75) is 39.8 Å². The number of piperazine rings is 1. The number of anilines is 4. The predicted octanol–water partition coefficient (Wildman–Crippen LogP) is 4.43. The monoisotopic (exact) mass is 457 g/mol. The topological polar surface area (TPSA) is 89.0 Å². The number of hydrogen-bond acceptors (Lipinski definition) is 5. The number of rotatable bonds is 2. The van der Waals surface area contributed by atoms with Crippen LogP contribution < -0.4 is 15.1 Å². The van der Waals surface area contributed by atoms with Gasteiger partial charge in [0.15, 0.2) is 5.82 Å². The smallest absolute Gasteiger partial charge is 0.407 e. The fourth-order valence-electron chi connectivity index (χ4n) is 4.40. The average molecular weight is 458 g/mol. The summed E-state index contributed by atoms with van der Waals surface area (Å²) in [5.41, 5.74) is 2.30. The number of fused-ring (bicyclic) bond motifs is 1. The van der Waals surface area contributed by atoms with Crippen LogP contribution in [-0.2, 0) is 4.79 Å². The van der Waals surface area contributed by atoms with Gasteiger partial charge in [-0.25, -0.2) is 9.78 Å². The fraction of sp³-hybridized carbons (Fsp3) is 0.435. The van der Waals surface area contributed by atoms with E-state index in [-0.39, 0.29) is 17.4 Å². The van der Waals surface area contributed by atoms with E-state index in [1.165, 1.54) is 0 Å². The molecule has 1 saturated heterocycles. The molecule has 4 rings (SSSR count). The molecule has 2 unspecified atom stereocenters. The first kappa shape index (κ1) is 22.2. The molecule has 1 fully saturated rings. The highest BCUT2D eigenvalue weighted by Crippen LogP contribution is 2.38. The van der Waals surface area contributed by atoms with Gasteiger partial charge < -0.3 is 25.1 Å². The molecular formula is C23H28ClN5O3. The molecule has 2 amide bonds. The first-order valence-corrected chi connectivity index (χ1v) is 11.1. The normalized spacial score (nSPS) is 21.3. The lowest BCUT2D eigenvalue weighted by atomic mass is 9.84. The molecule has 2 atom stereocenters. The summed E-state index contributed by atoms with van der Waals surface area (Å²) in [5.74, 6) is 0.503. The molecule has 2 aliphatic heterocycles. The Morgan fingerprint density at radius 2 is 1.78 bits per heavy atom. The number of nitrogens with zero attached hydrogens (tertiary/aromatic N) is 4. The van der Waals surface area contributed by atoms with Crippen LogP contribution in [0.1, 0.15) is 27.7 Å². The molecule has 3 heterocycles. The number of carboxylic acid groups (broad SMARTS) is 1. The van der Waals surface area contributed by atoms with Crippen LogP contribution in [0.5, 0.6) is 0 Å². The first-order valence-electron chi connectivity index (χ1n) is 10.7. The van der Waals surface area contributed by atoms with E-state index in [1.54, 1.807) is 17.0 Å². The molecule has 0 bridgehead atoms. The quantitative estimate of drug-likeness (QED) is 0.648. The van der Waals surface area contributed by atoms with Crippen LogP contribution in [-0.4, -0.2) is 58.7 Å². The van der Waals surface area contributed by atoms with E-state index in [2.05, 4.69) is 36.0 Å². The number of pyridine rings is 1. The van der Waals surface area contributed by atoms with Gasteiger partial charge in [-0.05, 0) is 48.7 Å². The fourth-order valence-corrected chi connectivity index (χ4v) is 4.55. The molecule has 2 aromatic rings. The lowest BCUT2D eigenvalue weighted by Crippen LogP contribution is -2.59. The van der Waals surface area contributed by atoms with Gasteiger partial charge in [-0.1, -0.05) is 32.4 Å². The largest absolute Gasteiger partial charge is 0.465 e. The third-order valence-corrected chi connectivity index (χ3v) is 6.42. The summed E-state index contributed by atoms with van der Waals surface area (Å²) in [6.45, 7) is 9.74. The highest BCUT2D eigenvalue weighted by Gasteiger charge is 2.38. The SMILES string of the molecule is CC1C(=O)Nc2ccc(Cl)nc2N1c1ccc(N2CCN(C(=O)O)C(C(C)(C)C)C2)cc1. The lowest BCUT2D eigenvalue weighted by Gasteiger charge is -2.46. The van der Waals surface area contributed by atoms with Crippen LogP contribution in [0.25, 0.3) is 0 Å². The van der Waals surface area contributed by atoms with Crippen molar-refractivity contribution in [3.8, 4) is 0 Å². The molecule has 1 aromatic carbocycles. The van der Waals surface area contributed by atoms with Crippen LogP contribution in [0.15, 0.2) is 36.4 Å². The van der Waals surface area contributed by atoms with Crippen LogP contribution in [0.3, 0.4) is 0 Å². The second-order valence-electron chi connectivity index (χ2n) is 9.36. The van der Waals surface area contributed by atoms with Crippen LogP contribution in [0, 0.1) is 5.41 Å². The third-order valence-electron chi connectivity index (χ3n) is 6.21. The molecule has 0 aliphatic carbocycles. The second kappa shape index (κ2) is 8.16. The van der Waals surface area contributed by atoms with Crippen molar-refractivity contribution in [3.63, 3.8) is 0 Å². The van der Waals surface area contributed by atoms with E-state index in [0.717, 1.165) is 11.4 Å². The molecule has 0 saturated carbocycles. The maximum absolute atomic E-state index is 12.5. The van der Waals surface area contributed by atoms with Crippen LogP contribution in [0.2, 0.25) is 5.15 Å². The van der Waals surface area contributed by atoms with Crippen molar-refractivity contribution in [1.29, 1.82) is 0 Å². The molecule has 8 nitrogen and oxygen atoms in total. The Kier molecular flexibility index (Phi) is 5.67. The highest BCUT2D eigenvalue weighted by atomic mass is 35.5. The summed E-state index contributed by atoms with van der Waals surface area (Å²) in [6, 6.07) is 10.8. The number of halogens is 1. The summed E-state index contributed by atoms with van der Waals surface area (Å²) < 4.78 is 0. The lowest BCUT2D eigenvalue weighted by molar-refractivity contribution is -0.117. The zero-order valence-electron chi connectivity index (χ0n) is 18.7. The Hall–Kier alpha value is -3.00. The van der Waals surface area contributed by atoms with Gasteiger partial charge in [-0.3, -0.25) is 4.79 Å². The Morgan fingerprint density at radius 1 is 1.12 bits per heavy atom. The third kappa shape index (κ3) is 4.07. The van der Waals surface area contributed by atoms with E-state index in [1.807, 2.05) is 36.1 Å². The Labute approximate surface area is 192 Å². The van der Waals surface area contributed by atoms with Gasteiger partial charge >= 0.3 is 6.09 Å². The molecule has 9 heteroatoms. The molecule has 0 radical (unpaired) electrons. The summed E-state index contributed by atoms with van der Waals surface area (Å²) >= 11 is 6.12. The minimum absolute atomic E-state index is 0.108. The molecule has 2 N–H and O–H groups in total. The standard InChI is InChI=1S/C23H28ClN5O3/c1-14-21(30)25-17-9-10-19(24)26-20(17)29(14)16-7-5-15(6-8-16)27-11-12-28(22(31)32)18(13-27)23(2,3)4/h5-10,14,18H,11-13H2,1-4H3,(H,25,30)(H,31,32). The van der Waals surface area contributed by atoms with E-state index in [9.17, 15) is 14.7 Å². The molecule has 32 heavy (non-hydrogen) atoms. The number of nitrogens with one attached hydrogen (secondary N) is 1. The number of aromatic nitrogens is 1. The Balaban J connectivity index is 1.61. The summed E-state index contributed by atoms with van der Waals surface area (Å²) in [7, 11) is 0. The zero-order chi connectivity index (χ0) is 23.2. The number of carbonyl (C=O) groups is 2. The van der Waals surface area contributed by atoms with Crippen molar-refractivity contribution in [2.24, 2.45) is 5.41 Å². The maximum Gasteiger partial charge on any atom is 0.407 e. The predicted molar refractivity (Wildman–Crippen MR) is 126 cm³/mol. The second-order valence-corrected chi connectivity index (χ2v) is 9.75. The molecule has 2 aliphatic rings. The Bertz CT molecular complexity index is 1040. The van der Waals surface area contributed by atoms with Crippen molar-refractivity contribution in [3.05, 3.63) is 41.6 Å². The summed E-state index contributed by atoms with van der Waals surface area (Å²) in [5, 5.41) is 12.8. The number of benzene rings is 1. The minimum atomic E-state index is -0.873. The van der Waals surface area contributed by atoms with Crippen molar-refractivity contribution in [1.82, 2.24) is 9.88 Å². The van der Waals surface area contributed by atoms with Gasteiger partial charge in [0.25, 0.3) is 0 Å². The number of carbonyl (C=O) groups excluding carboxylic acids is 1. The number of hydrogen-bond donors (Lipinski definition) is 2. The van der Waals surface area contributed by atoms with Gasteiger partial charge in [0, 0.05) is 31.0 Å². The molecular weight excluding hydrogens is 430 g/mol. The van der Waals surface area contributed by atoms with E-state index in [0.29, 0.717) is 36.3 Å². The molecule has 1 aromatic heterocycles. The van der Waals surface area contributed by atoms with Crippen molar-refractivity contribution < 1.29 is 14.7 Å².